The fourth-order valence-corrected chi connectivity index (χ4v) is 2.28. The highest BCUT2D eigenvalue weighted by atomic mass is 16.5. The normalized spacial score (nSPS) is 20.8. The quantitative estimate of drug-likeness (QED) is 0.786. The Labute approximate surface area is 102 Å². The van der Waals surface area contributed by atoms with Crippen molar-refractivity contribution >= 4 is 5.71 Å². The molecule has 1 atom stereocenters. The zero-order valence-electron chi connectivity index (χ0n) is 10.2. The fraction of sp³-hybridized carbons (Fsp3) is 0.500. The van der Waals surface area contributed by atoms with E-state index >= 15 is 0 Å². The minimum atomic E-state index is 0.0792. The van der Waals surface area contributed by atoms with Crippen LogP contribution in [0.2, 0.25) is 0 Å². The predicted molar refractivity (Wildman–Crippen MR) is 68.6 cm³/mol. The van der Waals surface area contributed by atoms with E-state index in [4.69, 9.17) is 9.84 Å². The molecule has 1 aliphatic carbocycles. The molecule has 0 aliphatic heterocycles. The molecule has 1 aliphatic rings. The number of fused-ring (bicyclic) bond motifs is 1. The maximum Gasteiger partial charge on any atom is 0.0698 e. The van der Waals surface area contributed by atoms with Crippen LogP contribution in [0.4, 0.5) is 0 Å². The van der Waals surface area contributed by atoms with Crippen molar-refractivity contribution in [3.8, 4) is 0 Å². The van der Waals surface area contributed by atoms with Crippen LogP contribution in [0.15, 0.2) is 29.3 Å². The molecule has 0 bridgehead atoms. The molecule has 1 aromatic carbocycles. The number of nitrogens with zero attached hydrogens (tertiary/aromatic N) is 1. The minimum absolute atomic E-state index is 0.0792. The van der Waals surface area contributed by atoms with Crippen molar-refractivity contribution in [1.82, 2.24) is 0 Å². The number of aliphatic hydroxyl groups excluding tert-OH is 1. The SMILES string of the molecule is CC1Cc2ccccc2C1=NCCOCCO. The zero-order chi connectivity index (χ0) is 12.1. The molecule has 1 unspecified atom stereocenters. The molecule has 0 saturated heterocycles. The van der Waals surface area contributed by atoms with Crippen LogP contribution in [0.3, 0.4) is 0 Å². The van der Waals surface area contributed by atoms with E-state index in [1.54, 1.807) is 0 Å². The lowest BCUT2D eigenvalue weighted by Gasteiger charge is -2.05. The molecule has 3 heteroatoms. The molecule has 1 N–H and O–H groups in total. The molecule has 0 amide bonds. The Morgan fingerprint density at radius 3 is 3.00 bits per heavy atom. The second kappa shape index (κ2) is 5.94. The third-order valence-corrected chi connectivity index (χ3v) is 3.04. The Morgan fingerprint density at radius 1 is 1.35 bits per heavy atom. The highest BCUT2D eigenvalue weighted by Gasteiger charge is 2.23. The van der Waals surface area contributed by atoms with Gasteiger partial charge in [0, 0.05) is 11.6 Å². The highest BCUT2D eigenvalue weighted by Crippen LogP contribution is 2.26. The van der Waals surface area contributed by atoms with Crippen LogP contribution >= 0.6 is 0 Å². The van der Waals surface area contributed by atoms with Gasteiger partial charge in [0.15, 0.2) is 0 Å². The van der Waals surface area contributed by atoms with Gasteiger partial charge in [-0.2, -0.15) is 0 Å². The Morgan fingerprint density at radius 2 is 2.18 bits per heavy atom. The molecule has 0 saturated carbocycles. The summed E-state index contributed by atoms with van der Waals surface area (Å²) in [5.41, 5.74) is 3.89. The standard InChI is InChI=1S/C14H19NO2/c1-11-10-12-4-2-3-5-13(12)14(11)15-6-8-17-9-7-16/h2-5,11,16H,6-10H2,1H3. The molecule has 3 nitrogen and oxygen atoms in total. The topological polar surface area (TPSA) is 41.8 Å². The van der Waals surface area contributed by atoms with Crippen molar-refractivity contribution in [2.75, 3.05) is 26.4 Å². The van der Waals surface area contributed by atoms with E-state index in [2.05, 4.69) is 36.2 Å². The largest absolute Gasteiger partial charge is 0.394 e. The van der Waals surface area contributed by atoms with Crippen molar-refractivity contribution in [2.24, 2.45) is 10.9 Å². The molecule has 1 aromatic rings. The lowest BCUT2D eigenvalue weighted by molar-refractivity contribution is 0.0978. The van der Waals surface area contributed by atoms with Gasteiger partial charge in [-0.25, -0.2) is 0 Å². The van der Waals surface area contributed by atoms with Crippen LogP contribution in [0, 0.1) is 5.92 Å². The third-order valence-electron chi connectivity index (χ3n) is 3.04. The Hall–Kier alpha value is -1.19. The summed E-state index contributed by atoms with van der Waals surface area (Å²) < 4.78 is 5.21. The summed E-state index contributed by atoms with van der Waals surface area (Å²) >= 11 is 0. The molecule has 17 heavy (non-hydrogen) atoms. The maximum absolute atomic E-state index is 8.59. The lowest BCUT2D eigenvalue weighted by Crippen LogP contribution is -2.09. The summed E-state index contributed by atoms with van der Waals surface area (Å²) in [6.07, 6.45) is 1.09. The van der Waals surface area contributed by atoms with Crippen molar-refractivity contribution in [1.29, 1.82) is 0 Å². The van der Waals surface area contributed by atoms with E-state index in [9.17, 15) is 0 Å². The van der Waals surface area contributed by atoms with Crippen molar-refractivity contribution in [2.45, 2.75) is 13.3 Å². The van der Waals surface area contributed by atoms with Crippen LogP contribution in [0.1, 0.15) is 18.1 Å². The number of aliphatic hydroxyl groups is 1. The molecule has 0 fully saturated rings. The number of aliphatic imine (C=N–C) groups is 1. The molecule has 0 heterocycles. The van der Waals surface area contributed by atoms with Gasteiger partial charge in [0.1, 0.15) is 0 Å². The van der Waals surface area contributed by atoms with Crippen molar-refractivity contribution in [3.05, 3.63) is 35.4 Å². The second-order valence-electron chi connectivity index (χ2n) is 4.37. The van der Waals surface area contributed by atoms with Crippen LogP contribution < -0.4 is 0 Å². The molecule has 92 valence electrons. The fourth-order valence-electron chi connectivity index (χ4n) is 2.28. The van der Waals surface area contributed by atoms with Gasteiger partial charge in [-0.3, -0.25) is 4.99 Å². The first-order valence-corrected chi connectivity index (χ1v) is 6.14. The Kier molecular flexibility index (Phi) is 4.29. The third kappa shape index (κ3) is 2.93. The van der Waals surface area contributed by atoms with E-state index in [-0.39, 0.29) is 6.61 Å². The van der Waals surface area contributed by atoms with E-state index in [1.165, 1.54) is 16.8 Å². The van der Waals surface area contributed by atoms with E-state index in [1.807, 2.05) is 0 Å². The van der Waals surface area contributed by atoms with Crippen molar-refractivity contribution < 1.29 is 9.84 Å². The Bertz CT molecular complexity index is 401. The molecule has 0 spiro atoms. The second-order valence-corrected chi connectivity index (χ2v) is 4.37. The van der Waals surface area contributed by atoms with E-state index in [0.29, 0.717) is 25.7 Å². The summed E-state index contributed by atoms with van der Waals surface area (Å²) in [4.78, 5) is 4.63. The average Bonchev–Trinajstić information content (AvgIpc) is 2.65. The molecule has 0 radical (unpaired) electrons. The minimum Gasteiger partial charge on any atom is -0.394 e. The monoisotopic (exact) mass is 233 g/mol. The van der Waals surface area contributed by atoms with Gasteiger partial charge >= 0.3 is 0 Å². The summed E-state index contributed by atoms with van der Waals surface area (Å²) in [5.74, 6) is 0.505. The molecular weight excluding hydrogens is 214 g/mol. The van der Waals surface area contributed by atoms with Gasteiger partial charge in [-0.05, 0) is 17.5 Å². The predicted octanol–water partition coefficient (Wildman–Crippen LogP) is 1.68. The van der Waals surface area contributed by atoms with Gasteiger partial charge in [0.25, 0.3) is 0 Å². The first kappa shape index (κ1) is 12.3. The van der Waals surface area contributed by atoms with Gasteiger partial charge < -0.3 is 9.84 Å². The van der Waals surface area contributed by atoms with Gasteiger partial charge in [-0.1, -0.05) is 31.2 Å². The van der Waals surface area contributed by atoms with E-state index in [0.717, 1.165) is 6.42 Å². The first-order chi connectivity index (χ1) is 8.33. The summed E-state index contributed by atoms with van der Waals surface area (Å²) in [6, 6.07) is 8.47. The summed E-state index contributed by atoms with van der Waals surface area (Å²) in [7, 11) is 0. The smallest absolute Gasteiger partial charge is 0.0698 e. The summed E-state index contributed by atoms with van der Waals surface area (Å²) in [5, 5.41) is 8.59. The van der Waals surface area contributed by atoms with Crippen LogP contribution in [0.5, 0.6) is 0 Å². The van der Waals surface area contributed by atoms with Gasteiger partial charge in [-0.15, -0.1) is 0 Å². The number of hydrogen-bond donors (Lipinski definition) is 1. The Balaban J connectivity index is 1.98. The number of benzene rings is 1. The molecule has 0 aromatic heterocycles. The first-order valence-electron chi connectivity index (χ1n) is 6.14. The van der Waals surface area contributed by atoms with Crippen LogP contribution in [0.25, 0.3) is 0 Å². The van der Waals surface area contributed by atoms with E-state index < -0.39 is 0 Å². The lowest BCUT2D eigenvalue weighted by atomic mass is 10.1. The van der Waals surface area contributed by atoms with Crippen LogP contribution in [-0.4, -0.2) is 37.2 Å². The van der Waals surface area contributed by atoms with Gasteiger partial charge in [0.2, 0.25) is 0 Å². The number of rotatable bonds is 5. The van der Waals surface area contributed by atoms with Gasteiger partial charge in [0.05, 0.1) is 26.4 Å². The highest BCUT2D eigenvalue weighted by molar-refractivity contribution is 6.06. The maximum atomic E-state index is 8.59. The van der Waals surface area contributed by atoms with Crippen LogP contribution in [-0.2, 0) is 11.2 Å². The summed E-state index contributed by atoms with van der Waals surface area (Å²) in [6.45, 7) is 3.95. The number of ether oxygens (including phenoxy) is 1. The molecular formula is C14H19NO2. The van der Waals surface area contributed by atoms with Crippen molar-refractivity contribution in [3.63, 3.8) is 0 Å². The number of hydrogen-bond acceptors (Lipinski definition) is 3. The zero-order valence-corrected chi connectivity index (χ0v) is 10.2. The average molecular weight is 233 g/mol. The molecule has 2 rings (SSSR count).